The monoisotopic (exact) mass is 341 g/mol. The van der Waals surface area contributed by atoms with Crippen LogP contribution in [0.5, 0.6) is 0 Å². The molecule has 0 unspecified atom stereocenters. The normalized spacial score (nSPS) is 16.8. The van der Waals surface area contributed by atoms with Crippen molar-refractivity contribution in [1.82, 2.24) is 10.6 Å². The highest BCUT2D eigenvalue weighted by Crippen LogP contribution is 2.29. The van der Waals surface area contributed by atoms with Gasteiger partial charge in [-0.05, 0) is 32.0 Å². The summed E-state index contributed by atoms with van der Waals surface area (Å²) in [5.41, 5.74) is 0.00245. The topological polar surface area (TPSA) is 93.5 Å². The average Bonchev–Trinajstić information content (AvgIpc) is 2.53. The minimum atomic E-state index is -0.545. The van der Waals surface area contributed by atoms with E-state index in [9.17, 15) is 14.9 Å². The van der Waals surface area contributed by atoms with E-state index in [1.165, 1.54) is 18.2 Å². The highest BCUT2D eigenvalue weighted by molar-refractivity contribution is 6.34. The van der Waals surface area contributed by atoms with E-state index >= 15 is 0 Å². The van der Waals surface area contributed by atoms with Crippen molar-refractivity contribution in [1.29, 1.82) is 0 Å². The first-order valence-electron chi connectivity index (χ1n) is 7.39. The smallest absolute Gasteiger partial charge is 0.270 e. The molecule has 0 radical (unpaired) electrons. The van der Waals surface area contributed by atoms with Crippen LogP contribution >= 0.6 is 11.6 Å². The number of ether oxygens (including phenoxy) is 1. The zero-order valence-corrected chi connectivity index (χ0v) is 13.7. The Morgan fingerprint density at radius 3 is 2.74 bits per heavy atom. The highest BCUT2D eigenvalue weighted by atomic mass is 35.5. The molecule has 1 aliphatic rings. The second kappa shape index (κ2) is 7.72. The number of carbonyl (C=O) groups excluding carboxylic acids is 1. The lowest BCUT2D eigenvalue weighted by Crippen LogP contribution is -2.47. The minimum absolute atomic E-state index is 0.0720. The highest BCUT2D eigenvalue weighted by Gasteiger charge is 2.32. The summed E-state index contributed by atoms with van der Waals surface area (Å²) in [5, 5.41) is 17.0. The maximum absolute atomic E-state index is 12.3. The van der Waals surface area contributed by atoms with E-state index in [0.717, 1.165) is 25.9 Å². The number of halogens is 1. The Balaban J connectivity index is 2.05. The Bertz CT molecular complexity index is 583. The fourth-order valence-electron chi connectivity index (χ4n) is 2.80. The van der Waals surface area contributed by atoms with Gasteiger partial charge in [-0.2, -0.15) is 0 Å². The van der Waals surface area contributed by atoms with E-state index in [1.807, 2.05) is 0 Å². The van der Waals surface area contributed by atoms with Crippen molar-refractivity contribution >= 4 is 23.2 Å². The predicted octanol–water partition coefficient (Wildman–Crippen LogP) is 1.99. The average molecular weight is 342 g/mol. The number of nitrogens with one attached hydrogen (secondary N) is 2. The molecule has 1 aliphatic heterocycles. The van der Waals surface area contributed by atoms with Crippen molar-refractivity contribution < 1.29 is 14.5 Å². The molecule has 126 valence electrons. The molecule has 23 heavy (non-hydrogen) atoms. The van der Waals surface area contributed by atoms with Crippen LogP contribution in [0.3, 0.4) is 0 Å². The Hall–Kier alpha value is -1.70. The molecular weight excluding hydrogens is 322 g/mol. The minimum Gasteiger partial charge on any atom is -0.384 e. The Labute approximate surface area is 139 Å². The van der Waals surface area contributed by atoms with Gasteiger partial charge in [-0.15, -0.1) is 0 Å². The van der Waals surface area contributed by atoms with E-state index in [2.05, 4.69) is 10.6 Å². The first kappa shape index (κ1) is 17.7. The number of nitro groups is 1. The summed E-state index contributed by atoms with van der Waals surface area (Å²) < 4.78 is 5.31. The van der Waals surface area contributed by atoms with E-state index in [1.54, 1.807) is 7.11 Å². The standard InChI is InChI=1S/C15H20ClN3O4/c1-23-10-15(4-6-17-7-5-15)9-18-14(20)12-3-2-11(19(21)22)8-13(12)16/h2-3,8,17H,4-7,9-10H2,1H3,(H,18,20). The summed E-state index contributed by atoms with van der Waals surface area (Å²) in [5.74, 6) is -0.334. The number of benzene rings is 1. The first-order chi connectivity index (χ1) is 11.0. The Morgan fingerprint density at radius 1 is 1.48 bits per heavy atom. The molecule has 0 spiro atoms. The van der Waals surface area contributed by atoms with Crippen molar-refractivity contribution in [2.75, 3.05) is 33.4 Å². The molecule has 1 heterocycles. The fraction of sp³-hybridized carbons (Fsp3) is 0.533. The maximum atomic E-state index is 12.3. The number of hydrogen-bond acceptors (Lipinski definition) is 5. The summed E-state index contributed by atoms with van der Waals surface area (Å²) in [6.07, 6.45) is 1.82. The molecule has 7 nitrogen and oxygen atoms in total. The quantitative estimate of drug-likeness (QED) is 0.609. The van der Waals surface area contributed by atoms with Crippen molar-refractivity contribution in [2.45, 2.75) is 12.8 Å². The number of rotatable bonds is 6. The van der Waals surface area contributed by atoms with Gasteiger partial charge >= 0.3 is 0 Å². The summed E-state index contributed by atoms with van der Waals surface area (Å²) in [6, 6.07) is 3.84. The number of nitrogens with zero attached hydrogens (tertiary/aromatic N) is 1. The predicted molar refractivity (Wildman–Crippen MR) is 86.9 cm³/mol. The van der Waals surface area contributed by atoms with Gasteiger partial charge in [-0.25, -0.2) is 0 Å². The van der Waals surface area contributed by atoms with Gasteiger partial charge in [-0.3, -0.25) is 14.9 Å². The third kappa shape index (κ3) is 4.40. The maximum Gasteiger partial charge on any atom is 0.270 e. The van der Waals surface area contributed by atoms with E-state index in [4.69, 9.17) is 16.3 Å². The second-order valence-corrected chi connectivity index (χ2v) is 6.19. The second-order valence-electron chi connectivity index (χ2n) is 5.79. The third-order valence-corrected chi connectivity index (χ3v) is 4.46. The number of non-ortho nitro benzene ring substituents is 1. The van der Waals surface area contributed by atoms with Crippen LogP contribution in [-0.2, 0) is 4.74 Å². The van der Waals surface area contributed by atoms with Crippen LogP contribution in [0.4, 0.5) is 5.69 Å². The van der Waals surface area contributed by atoms with Crippen LogP contribution in [0.2, 0.25) is 5.02 Å². The number of methoxy groups -OCH3 is 1. The molecule has 1 aromatic rings. The zero-order valence-electron chi connectivity index (χ0n) is 12.9. The Kier molecular flexibility index (Phi) is 5.92. The molecular formula is C15H20ClN3O4. The van der Waals surface area contributed by atoms with Crippen LogP contribution < -0.4 is 10.6 Å². The number of piperidine rings is 1. The van der Waals surface area contributed by atoms with Crippen molar-refractivity contribution in [3.8, 4) is 0 Å². The first-order valence-corrected chi connectivity index (χ1v) is 7.77. The molecule has 1 amide bonds. The van der Waals surface area contributed by atoms with Crippen molar-refractivity contribution in [2.24, 2.45) is 5.41 Å². The molecule has 0 aromatic heterocycles. The molecule has 8 heteroatoms. The third-order valence-electron chi connectivity index (χ3n) is 4.15. The number of nitro benzene ring substituents is 1. The lowest BCUT2D eigenvalue weighted by Gasteiger charge is -2.37. The number of hydrogen-bond donors (Lipinski definition) is 2. The molecule has 1 aromatic carbocycles. The van der Waals surface area contributed by atoms with Crippen LogP contribution in [0, 0.1) is 15.5 Å². The van der Waals surface area contributed by atoms with Crippen LogP contribution in [-0.4, -0.2) is 44.2 Å². The Morgan fingerprint density at radius 2 is 2.17 bits per heavy atom. The van der Waals surface area contributed by atoms with Crippen molar-refractivity contribution in [3.63, 3.8) is 0 Å². The summed E-state index contributed by atoms with van der Waals surface area (Å²) >= 11 is 5.99. The molecule has 0 bridgehead atoms. The summed E-state index contributed by atoms with van der Waals surface area (Å²) in [7, 11) is 1.65. The van der Waals surface area contributed by atoms with Crippen LogP contribution in [0.1, 0.15) is 23.2 Å². The molecule has 2 rings (SSSR count). The molecule has 0 saturated carbocycles. The van der Waals surface area contributed by atoms with Gasteiger partial charge in [0.25, 0.3) is 11.6 Å². The summed E-state index contributed by atoms with van der Waals surface area (Å²) in [6.45, 7) is 2.83. The molecule has 0 aliphatic carbocycles. The lowest BCUT2D eigenvalue weighted by atomic mass is 9.79. The van der Waals surface area contributed by atoms with Gasteiger partial charge in [0.2, 0.25) is 0 Å². The number of amides is 1. The van der Waals surface area contributed by atoms with Crippen LogP contribution in [0.25, 0.3) is 0 Å². The van der Waals surface area contributed by atoms with Crippen LogP contribution in [0.15, 0.2) is 18.2 Å². The molecule has 0 atom stereocenters. The van der Waals surface area contributed by atoms with Gasteiger partial charge in [0.15, 0.2) is 0 Å². The molecule has 2 N–H and O–H groups in total. The zero-order chi connectivity index (χ0) is 16.9. The lowest BCUT2D eigenvalue weighted by molar-refractivity contribution is -0.384. The van der Waals surface area contributed by atoms with E-state index in [0.29, 0.717) is 13.2 Å². The van der Waals surface area contributed by atoms with Gasteiger partial charge in [0.1, 0.15) is 0 Å². The van der Waals surface area contributed by atoms with Crippen molar-refractivity contribution in [3.05, 3.63) is 38.9 Å². The van der Waals surface area contributed by atoms with E-state index in [-0.39, 0.29) is 27.6 Å². The van der Waals surface area contributed by atoms with Gasteiger partial charge < -0.3 is 15.4 Å². The largest absolute Gasteiger partial charge is 0.384 e. The molecule has 1 saturated heterocycles. The van der Waals surface area contributed by atoms with E-state index < -0.39 is 4.92 Å². The SMILES string of the molecule is COCC1(CNC(=O)c2ccc([N+](=O)[O-])cc2Cl)CCNCC1. The molecule has 1 fully saturated rings. The van der Waals surface area contributed by atoms with Gasteiger partial charge in [0, 0.05) is 31.2 Å². The van der Waals surface area contributed by atoms with Gasteiger partial charge in [0.05, 0.1) is 22.1 Å². The fourth-order valence-corrected chi connectivity index (χ4v) is 3.06. The van der Waals surface area contributed by atoms with Gasteiger partial charge in [-0.1, -0.05) is 11.6 Å². The number of carbonyl (C=O) groups is 1. The summed E-state index contributed by atoms with van der Waals surface area (Å²) in [4.78, 5) is 22.5.